The van der Waals surface area contributed by atoms with Crippen molar-refractivity contribution in [3.05, 3.63) is 45.8 Å². The lowest BCUT2D eigenvalue weighted by molar-refractivity contribution is 0.0946. The second kappa shape index (κ2) is 5.61. The second-order valence-corrected chi connectivity index (χ2v) is 4.56. The van der Waals surface area contributed by atoms with E-state index in [1.165, 1.54) is 5.56 Å². The van der Waals surface area contributed by atoms with Crippen molar-refractivity contribution in [2.45, 2.75) is 13.5 Å². The third-order valence-electron chi connectivity index (χ3n) is 2.53. The van der Waals surface area contributed by atoms with E-state index in [0.29, 0.717) is 18.1 Å². The van der Waals surface area contributed by atoms with Gasteiger partial charge in [0.2, 0.25) is 0 Å². The van der Waals surface area contributed by atoms with Crippen LogP contribution in [0.15, 0.2) is 29.0 Å². The molecule has 0 fully saturated rings. The molecular weight excluding hydrogens is 248 g/mol. The molecule has 2 rings (SSSR count). The zero-order valence-corrected chi connectivity index (χ0v) is 10.8. The molecule has 0 aliphatic heterocycles. The molecule has 2 aromatic rings. The number of anilines is 1. The molecule has 18 heavy (non-hydrogen) atoms. The highest BCUT2D eigenvalue weighted by Crippen LogP contribution is 2.13. The summed E-state index contributed by atoms with van der Waals surface area (Å²) >= 11 is 1.63. The number of thiophene rings is 1. The number of nitrogens with one attached hydrogen (secondary N) is 2. The van der Waals surface area contributed by atoms with Gasteiger partial charge in [-0.15, -0.1) is 0 Å². The number of aryl methyl sites for hydroxylation is 1. The number of hydrazine groups is 1. The van der Waals surface area contributed by atoms with E-state index in [0.717, 1.165) is 5.56 Å². The summed E-state index contributed by atoms with van der Waals surface area (Å²) in [4.78, 5) is 15.9. The molecule has 0 saturated carbocycles. The lowest BCUT2D eigenvalue weighted by Gasteiger charge is -2.05. The van der Waals surface area contributed by atoms with Crippen molar-refractivity contribution in [3.8, 4) is 0 Å². The Hall–Kier alpha value is -1.92. The molecule has 5 nitrogen and oxygen atoms in total. The monoisotopic (exact) mass is 262 g/mol. The van der Waals surface area contributed by atoms with Gasteiger partial charge >= 0.3 is 0 Å². The van der Waals surface area contributed by atoms with E-state index in [-0.39, 0.29) is 5.91 Å². The molecule has 1 amide bonds. The number of carbonyl (C=O) groups is 1. The van der Waals surface area contributed by atoms with Crippen LogP contribution in [0.25, 0.3) is 0 Å². The number of nitrogens with two attached hydrogens (primary N) is 1. The molecule has 0 unspecified atom stereocenters. The van der Waals surface area contributed by atoms with Crippen LogP contribution in [-0.2, 0) is 6.54 Å². The Bertz CT molecular complexity index is 553. The zero-order chi connectivity index (χ0) is 13.0. The van der Waals surface area contributed by atoms with Crippen LogP contribution in [0.1, 0.15) is 21.6 Å². The minimum absolute atomic E-state index is 0.210. The summed E-state index contributed by atoms with van der Waals surface area (Å²) in [6.07, 6.45) is 0. The summed E-state index contributed by atoms with van der Waals surface area (Å²) in [7, 11) is 0. The van der Waals surface area contributed by atoms with Crippen molar-refractivity contribution in [2.24, 2.45) is 5.84 Å². The average molecular weight is 262 g/mol. The summed E-state index contributed by atoms with van der Waals surface area (Å²) in [6.45, 7) is 2.53. The number of carbonyl (C=O) groups excluding carboxylic acids is 1. The molecule has 0 bridgehead atoms. The molecule has 4 N–H and O–H groups in total. The Kier molecular flexibility index (Phi) is 3.91. The fraction of sp³-hybridized carbons (Fsp3) is 0.167. The number of hydrogen-bond donors (Lipinski definition) is 3. The number of aromatic nitrogens is 1. The minimum atomic E-state index is -0.210. The first-order valence-electron chi connectivity index (χ1n) is 5.44. The normalized spacial score (nSPS) is 10.1. The van der Waals surface area contributed by atoms with E-state index >= 15 is 0 Å². The Morgan fingerprint density at radius 2 is 2.28 bits per heavy atom. The van der Waals surface area contributed by atoms with E-state index in [9.17, 15) is 4.79 Å². The van der Waals surface area contributed by atoms with E-state index in [1.807, 2.05) is 12.3 Å². The predicted octanol–water partition coefficient (Wildman–Crippen LogP) is 1.67. The van der Waals surface area contributed by atoms with Crippen LogP contribution in [0.2, 0.25) is 0 Å². The van der Waals surface area contributed by atoms with E-state index in [2.05, 4.69) is 21.1 Å². The number of pyridine rings is 1. The molecule has 2 aromatic heterocycles. The van der Waals surface area contributed by atoms with Crippen LogP contribution >= 0.6 is 11.3 Å². The summed E-state index contributed by atoms with van der Waals surface area (Å²) in [6, 6.07) is 5.07. The lowest BCUT2D eigenvalue weighted by Crippen LogP contribution is -2.24. The smallest absolute Gasteiger partial charge is 0.270 e. The van der Waals surface area contributed by atoms with Crippen molar-refractivity contribution in [3.63, 3.8) is 0 Å². The summed E-state index contributed by atoms with van der Waals surface area (Å²) in [5, 5.41) is 6.91. The van der Waals surface area contributed by atoms with Gasteiger partial charge in [-0.25, -0.2) is 10.8 Å². The number of nitrogen functional groups attached to an aromatic ring is 1. The highest BCUT2D eigenvalue weighted by molar-refractivity contribution is 7.08. The Labute approximate surface area is 109 Å². The van der Waals surface area contributed by atoms with Gasteiger partial charge in [0.25, 0.3) is 5.91 Å². The molecule has 0 aromatic carbocycles. The largest absolute Gasteiger partial charge is 0.347 e. The van der Waals surface area contributed by atoms with Gasteiger partial charge in [-0.1, -0.05) is 6.07 Å². The van der Waals surface area contributed by atoms with Crippen LogP contribution in [0.4, 0.5) is 5.82 Å². The third-order valence-corrected chi connectivity index (χ3v) is 3.44. The van der Waals surface area contributed by atoms with Crippen molar-refractivity contribution in [1.29, 1.82) is 0 Å². The number of amides is 1. The second-order valence-electron chi connectivity index (χ2n) is 3.82. The Morgan fingerprint density at radius 3 is 2.94 bits per heavy atom. The summed E-state index contributed by atoms with van der Waals surface area (Å²) < 4.78 is 0. The highest BCUT2D eigenvalue weighted by Gasteiger charge is 2.08. The Balaban J connectivity index is 2.01. The highest BCUT2D eigenvalue weighted by atomic mass is 32.1. The lowest BCUT2D eigenvalue weighted by atomic mass is 10.2. The number of hydrogen-bond acceptors (Lipinski definition) is 5. The van der Waals surface area contributed by atoms with Gasteiger partial charge < -0.3 is 10.7 Å². The maximum atomic E-state index is 11.9. The summed E-state index contributed by atoms with van der Waals surface area (Å²) in [5.41, 5.74) is 5.07. The molecule has 0 atom stereocenters. The standard InChI is InChI=1S/C12H14N4OS/c1-8-6-18-7-9(8)5-14-12(17)10-3-2-4-11(15-10)16-13/h2-4,6-7H,5,13H2,1H3,(H,14,17)(H,15,16). The molecule has 0 aliphatic rings. The molecule has 0 aliphatic carbocycles. The van der Waals surface area contributed by atoms with Gasteiger partial charge in [0.15, 0.2) is 0 Å². The zero-order valence-electron chi connectivity index (χ0n) is 9.93. The SMILES string of the molecule is Cc1cscc1CNC(=O)c1cccc(NN)n1. The van der Waals surface area contributed by atoms with Gasteiger partial charge in [-0.3, -0.25) is 4.79 Å². The topological polar surface area (TPSA) is 80.0 Å². The average Bonchev–Trinajstić information content (AvgIpc) is 2.81. The van der Waals surface area contributed by atoms with Gasteiger partial charge in [-0.05, 0) is 40.9 Å². The van der Waals surface area contributed by atoms with Crippen LogP contribution in [0, 0.1) is 6.92 Å². The van der Waals surface area contributed by atoms with Gasteiger partial charge in [0, 0.05) is 6.54 Å². The molecular formula is C12H14N4OS. The first-order chi connectivity index (χ1) is 8.70. The van der Waals surface area contributed by atoms with Crippen molar-refractivity contribution < 1.29 is 4.79 Å². The maximum absolute atomic E-state index is 11.9. The van der Waals surface area contributed by atoms with Crippen LogP contribution in [0.3, 0.4) is 0 Å². The molecule has 94 valence electrons. The van der Waals surface area contributed by atoms with Gasteiger partial charge in [0.1, 0.15) is 11.5 Å². The number of nitrogens with zero attached hydrogens (tertiary/aromatic N) is 1. The predicted molar refractivity (Wildman–Crippen MR) is 72.3 cm³/mol. The molecule has 6 heteroatoms. The molecule has 0 radical (unpaired) electrons. The van der Waals surface area contributed by atoms with Crippen LogP contribution in [-0.4, -0.2) is 10.9 Å². The molecule has 2 heterocycles. The van der Waals surface area contributed by atoms with E-state index in [4.69, 9.17) is 5.84 Å². The summed E-state index contributed by atoms with van der Waals surface area (Å²) in [5.74, 6) is 5.50. The fourth-order valence-corrected chi connectivity index (χ4v) is 2.33. The molecule has 0 saturated heterocycles. The molecule has 0 spiro atoms. The van der Waals surface area contributed by atoms with E-state index in [1.54, 1.807) is 29.5 Å². The van der Waals surface area contributed by atoms with Crippen LogP contribution < -0.4 is 16.6 Å². The number of rotatable bonds is 4. The van der Waals surface area contributed by atoms with Gasteiger partial charge in [0.05, 0.1) is 0 Å². The Morgan fingerprint density at radius 1 is 1.44 bits per heavy atom. The van der Waals surface area contributed by atoms with E-state index < -0.39 is 0 Å². The first-order valence-corrected chi connectivity index (χ1v) is 6.38. The first kappa shape index (κ1) is 12.5. The quantitative estimate of drug-likeness (QED) is 0.578. The van der Waals surface area contributed by atoms with Gasteiger partial charge in [-0.2, -0.15) is 11.3 Å². The van der Waals surface area contributed by atoms with Crippen LogP contribution in [0.5, 0.6) is 0 Å². The van der Waals surface area contributed by atoms with Crippen molar-refractivity contribution in [1.82, 2.24) is 10.3 Å². The van der Waals surface area contributed by atoms with Crippen molar-refractivity contribution >= 4 is 23.1 Å². The minimum Gasteiger partial charge on any atom is -0.347 e. The fourth-order valence-electron chi connectivity index (χ4n) is 1.48. The third kappa shape index (κ3) is 2.85. The van der Waals surface area contributed by atoms with Crippen molar-refractivity contribution in [2.75, 3.05) is 5.43 Å². The maximum Gasteiger partial charge on any atom is 0.270 e.